The van der Waals surface area contributed by atoms with Gasteiger partial charge in [0, 0.05) is 32.2 Å². The van der Waals surface area contributed by atoms with Crippen LogP contribution in [0.4, 0.5) is 0 Å². The van der Waals surface area contributed by atoms with Gasteiger partial charge >= 0.3 is 0 Å². The van der Waals surface area contributed by atoms with Crippen LogP contribution in [0.2, 0.25) is 0 Å². The zero-order chi connectivity index (χ0) is 16.3. The highest BCUT2D eigenvalue weighted by molar-refractivity contribution is 5.83. The number of para-hydroxylation sites is 1. The van der Waals surface area contributed by atoms with Crippen molar-refractivity contribution in [3.8, 4) is 5.75 Å². The number of benzene rings is 1. The Bertz CT molecular complexity index is 599. The SMILES string of the molecule is COc1ccccc1/C=C/CN1CC[C@]2(CCCN(C)C2=O)C1. The quantitative estimate of drug-likeness (QED) is 0.856. The predicted molar refractivity (Wildman–Crippen MR) is 92.4 cm³/mol. The van der Waals surface area contributed by atoms with Crippen molar-refractivity contribution in [1.82, 2.24) is 9.80 Å². The number of hydrogen-bond acceptors (Lipinski definition) is 3. The van der Waals surface area contributed by atoms with E-state index < -0.39 is 0 Å². The molecule has 2 aliphatic rings. The molecule has 1 aromatic rings. The van der Waals surface area contributed by atoms with Gasteiger partial charge in [-0.3, -0.25) is 9.69 Å². The molecule has 124 valence electrons. The summed E-state index contributed by atoms with van der Waals surface area (Å²) in [5, 5.41) is 0. The van der Waals surface area contributed by atoms with Crippen molar-refractivity contribution in [2.45, 2.75) is 19.3 Å². The molecule has 3 rings (SSSR count). The second-order valence-electron chi connectivity index (χ2n) is 6.74. The molecule has 0 N–H and O–H groups in total. The van der Waals surface area contributed by atoms with Crippen LogP contribution in [0.25, 0.3) is 6.08 Å². The summed E-state index contributed by atoms with van der Waals surface area (Å²) >= 11 is 0. The largest absolute Gasteiger partial charge is 0.496 e. The molecular formula is C19H26N2O2. The van der Waals surface area contributed by atoms with Crippen molar-refractivity contribution < 1.29 is 9.53 Å². The van der Waals surface area contributed by atoms with Gasteiger partial charge in [-0.2, -0.15) is 0 Å². The second-order valence-corrected chi connectivity index (χ2v) is 6.74. The van der Waals surface area contributed by atoms with Crippen LogP contribution in [-0.2, 0) is 4.79 Å². The Balaban J connectivity index is 1.60. The van der Waals surface area contributed by atoms with E-state index in [0.29, 0.717) is 5.91 Å². The third kappa shape index (κ3) is 3.27. The van der Waals surface area contributed by atoms with Crippen LogP contribution in [-0.4, -0.2) is 56.0 Å². The van der Waals surface area contributed by atoms with E-state index in [2.05, 4.69) is 23.1 Å². The second kappa shape index (κ2) is 6.75. The van der Waals surface area contributed by atoms with Crippen LogP contribution < -0.4 is 4.74 Å². The molecule has 1 spiro atoms. The molecule has 0 bridgehead atoms. The van der Waals surface area contributed by atoms with Crippen molar-refractivity contribution in [3.63, 3.8) is 0 Å². The summed E-state index contributed by atoms with van der Waals surface area (Å²) in [5.41, 5.74) is 0.975. The molecule has 0 aromatic heterocycles. The Hall–Kier alpha value is -1.81. The van der Waals surface area contributed by atoms with Gasteiger partial charge < -0.3 is 9.64 Å². The fourth-order valence-electron chi connectivity index (χ4n) is 3.89. The number of carbonyl (C=O) groups excluding carboxylic acids is 1. The fraction of sp³-hybridized carbons (Fsp3) is 0.526. The first-order chi connectivity index (χ1) is 11.1. The summed E-state index contributed by atoms with van der Waals surface area (Å²) in [6.07, 6.45) is 7.46. The fourth-order valence-corrected chi connectivity index (χ4v) is 3.89. The van der Waals surface area contributed by atoms with Gasteiger partial charge in [0.15, 0.2) is 0 Å². The standard InChI is InChI=1S/C19H26N2O2/c1-20-12-6-10-19(18(20)22)11-14-21(15-19)13-5-8-16-7-3-4-9-17(16)23-2/h3-5,7-9H,6,10-15H2,1-2H3/b8-5+/t19-/m1/s1. The first-order valence-corrected chi connectivity index (χ1v) is 8.42. The Kier molecular flexibility index (Phi) is 4.71. The molecule has 4 heteroatoms. The first-order valence-electron chi connectivity index (χ1n) is 8.42. The number of methoxy groups -OCH3 is 1. The van der Waals surface area contributed by atoms with Crippen LogP contribution in [0.3, 0.4) is 0 Å². The minimum atomic E-state index is -0.120. The lowest BCUT2D eigenvalue weighted by atomic mass is 9.78. The average molecular weight is 314 g/mol. The number of carbonyl (C=O) groups is 1. The predicted octanol–water partition coefficient (Wildman–Crippen LogP) is 2.65. The van der Waals surface area contributed by atoms with E-state index in [1.54, 1.807) is 7.11 Å². The summed E-state index contributed by atoms with van der Waals surface area (Å²) in [4.78, 5) is 16.8. The molecule has 1 amide bonds. The van der Waals surface area contributed by atoms with Gasteiger partial charge in [0.2, 0.25) is 5.91 Å². The lowest BCUT2D eigenvalue weighted by Crippen LogP contribution is -2.48. The van der Waals surface area contributed by atoms with Gasteiger partial charge in [0.1, 0.15) is 5.75 Å². The van der Waals surface area contributed by atoms with Crippen LogP contribution in [0.1, 0.15) is 24.8 Å². The number of amides is 1. The lowest BCUT2D eigenvalue weighted by molar-refractivity contribution is -0.143. The number of nitrogens with zero attached hydrogens (tertiary/aromatic N) is 2. The Labute approximate surface area is 138 Å². The Morgan fingerprint density at radius 3 is 2.91 bits per heavy atom. The maximum absolute atomic E-state index is 12.5. The summed E-state index contributed by atoms with van der Waals surface area (Å²) in [7, 11) is 3.63. The van der Waals surface area contributed by atoms with Gasteiger partial charge in [0.25, 0.3) is 0 Å². The maximum Gasteiger partial charge on any atom is 0.229 e. The maximum atomic E-state index is 12.5. The van der Waals surface area contributed by atoms with Crippen LogP contribution in [0, 0.1) is 5.41 Å². The molecule has 2 saturated heterocycles. The third-order valence-electron chi connectivity index (χ3n) is 5.18. The Morgan fingerprint density at radius 2 is 2.09 bits per heavy atom. The summed E-state index contributed by atoms with van der Waals surface area (Å²) in [6, 6.07) is 8.02. The van der Waals surface area contributed by atoms with E-state index in [9.17, 15) is 4.79 Å². The summed E-state index contributed by atoms with van der Waals surface area (Å²) in [5.74, 6) is 1.24. The number of piperidine rings is 1. The van der Waals surface area contributed by atoms with Crippen LogP contribution >= 0.6 is 0 Å². The molecule has 0 saturated carbocycles. The van der Waals surface area contributed by atoms with Gasteiger partial charge in [-0.05, 0) is 31.9 Å². The van der Waals surface area contributed by atoms with E-state index in [4.69, 9.17) is 4.74 Å². The van der Waals surface area contributed by atoms with E-state index >= 15 is 0 Å². The number of likely N-dealkylation sites (tertiary alicyclic amines) is 2. The topological polar surface area (TPSA) is 32.8 Å². The number of rotatable bonds is 4. The van der Waals surface area contributed by atoms with E-state index in [-0.39, 0.29) is 5.41 Å². The zero-order valence-corrected chi connectivity index (χ0v) is 14.1. The van der Waals surface area contributed by atoms with Crippen molar-refractivity contribution in [2.75, 3.05) is 40.3 Å². The molecule has 23 heavy (non-hydrogen) atoms. The highest BCUT2D eigenvalue weighted by Crippen LogP contribution is 2.39. The minimum absolute atomic E-state index is 0.120. The van der Waals surface area contributed by atoms with E-state index in [0.717, 1.165) is 56.8 Å². The molecule has 1 aromatic carbocycles. The van der Waals surface area contributed by atoms with Crippen LogP contribution in [0.15, 0.2) is 30.3 Å². The molecule has 0 aliphatic carbocycles. The smallest absolute Gasteiger partial charge is 0.229 e. The molecule has 4 nitrogen and oxygen atoms in total. The molecule has 1 atom stereocenters. The van der Waals surface area contributed by atoms with Crippen molar-refractivity contribution >= 4 is 12.0 Å². The van der Waals surface area contributed by atoms with Crippen molar-refractivity contribution in [3.05, 3.63) is 35.9 Å². The average Bonchev–Trinajstić information content (AvgIpc) is 2.97. The highest BCUT2D eigenvalue weighted by Gasteiger charge is 2.46. The van der Waals surface area contributed by atoms with Crippen LogP contribution in [0.5, 0.6) is 5.75 Å². The van der Waals surface area contributed by atoms with Crippen molar-refractivity contribution in [1.29, 1.82) is 0 Å². The lowest BCUT2D eigenvalue weighted by Gasteiger charge is -2.37. The molecule has 0 unspecified atom stereocenters. The summed E-state index contributed by atoms with van der Waals surface area (Å²) in [6.45, 7) is 3.70. The van der Waals surface area contributed by atoms with Gasteiger partial charge in [0.05, 0.1) is 12.5 Å². The first kappa shape index (κ1) is 16.1. The van der Waals surface area contributed by atoms with Gasteiger partial charge in [-0.15, -0.1) is 0 Å². The molecule has 2 heterocycles. The minimum Gasteiger partial charge on any atom is -0.496 e. The zero-order valence-electron chi connectivity index (χ0n) is 14.1. The highest BCUT2D eigenvalue weighted by atomic mass is 16.5. The van der Waals surface area contributed by atoms with Gasteiger partial charge in [-0.1, -0.05) is 30.4 Å². The number of ether oxygens (including phenoxy) is 1. The number of hydrogen-bond donors (Lipinski definition) is 0. The molecule has 0 radical (unpaired) electrons. The van der Waals surface area contributed by atoms with E-state index in [1.807, 2.05) is 30.1 Å². The monoisotopic (exact) mass is 314 g/mol. The van der Waals surface area contributed by atoms with E-state index in [1.165, 1.54) is 0 Å². The molecule has 2 aliphatic heterocycles. The normalized spacial score (nSPS) is 25.7. The third-order valence-corrected chi connectivity index (χ3v) is 5.18. The Morgan fingerprint density at radius 1 is 1.26 bits per heavy atom. The molecular weight excluding hydrogens is 288 g/mol. The van der Waals surface area contributed by atoms with Gasteiger partial charge in [-0.25, -0.2) is 0 Å². The summed E-state index contributed by atoms with van der Waals surface area (Å²) < 4.78 is 5.37. The van der Waals surface area contributed by atoms with Crippen molar-refractivity contribution in [2.24, 2.45) is 5.41 Å². The molecule has 2 fully saturated rings.